The summed E-state index contributed by atoms with van der Waals surface area (Å²) in [5, 5.41) is 26.2. The maximum absolute atomic E-state index is 12.8. The molecule has 180 valence electrons. The SMILES string of the molecule is N#Cc1cc(N)c(C=NCc2nn(CC(=O)NCCO)c(=O)c3ccccc23)cc1OCC1CC1. The second-order valence-electron chi connectivity index (χ2n) is 8.34. The second-order valence-corrected chi connectivity index (χ2v) is 8.34. The number of nitrogen functional groups attached to an aromatic ring is 1. The van der Waals surface area contributed by atoms with Gasteiger partial charge in [-0.1, -0.05) is 18.2 Å². The fourth-order valence-electron chi connectivity index (χ4n) is 3.57. The van der Waals surface area contributed by atoms with Crippen LogP contribution < -0.4 is 21.3 Å². The molecule has 4 N–H and O–H groups in total. The lowest BCUT2D eigenvalue weighted by Crippen LogP contribution is -2.35. The number of ether oxygens (including phenoxy) is 1. The summed E-state index contributed by atoms with van der Waals surface area (Å²) in [6, 6.07) is 12.4. The minimum absolute atomic E-state index is 0.0939. The Morgan fingerprint density at radius 1 is 1.34 bits per heavy atom. The number of nitrogens with zero attached hydrogens (tertiary/aromatic N) is 4. The van der Waals surface area contributed by atoms with Crippen molar-refractivity contribution in [3.8, 4) is 11.8 Å². The van der Waals surface area contributed by atoms with Crippen molar-refractivity contribution >= 4 is 28.6 Å². The van der Waals surface area contributed by atoms with Crippen LogP contribution in [0, 0.1) is 17.2 Å². The third-order valence-electron chi connectivity index (χ3n) is 5.62. The lowest BCUT2D eigenvalue weighted by atomic mass is 10.1. The molecule has 1 saturated carbocycles. The van der Waals surface area contributed by atoms with E-state index in [0.29, 0.717) is 51.6 Å². The second kappa shape index (κ2) is 10.8. The largest absolute Gasteiger partial charge is 0.492 e. The van der Waals surface area contributed by atoms with Crippen LogP contribution in [0.5, 0.6) is 5.75 Å². The fraction of sp³-hybridized carbons (Fsp3) is 0.320. The molecule has 0 atom stereocenters. The van der Waals surface area contributed by atoms with Gasteiger partial charge in [-0.15, -0.1) is 0 Å². The Morgan fingerprint density at radius 3 is 2.83 bits per heavy atom. The van der Waals surface area contributed by atoms with Gasteiger partial charge >= 0.3 is 0 Å². The Balaban J connectivity index is 1.59. The molecule has 3 aromatic rings. The summed E-state index contributed by atoms with van der Waals surface area (Å²) in [5.41, 5.74) is 7.63. The minimum Gasteiger partial charge on any atom is -0.492 e. The molecule has 1 heterocycles. The molecule has 10 nitrogen and oxygen atoms in total. The van der Waals surface area contributed by atoms with Crippen LogP contribution in [-0.2, 0) is 17.9 Å². The van der Waals surface area contributed by atoms with Gasteiger partial charge in [0.25, 0.3) is 5.56 Å². The molecule has 0 unspecified atom stereocenters. The summed E-state index contributed by atoms with van der Waals surface area (Å²) >= 11 is 0. The summed E-state index contributed by atoms with van der Waals surface area (Å²) in [6.45, 7) is 0.328. The number of hydrogen-bond donors (Lipinski definition) is 3. The summed E-state index contributed by atoms with van der Waals surface area (Å²) in [5.74, 6) is 0.584. The van der Waals surface area contributed by atoms with Crippen LogP contribution in [0.25, 0.3) is 10.8 Å². The number of carbonyl (C=O) groups is 1. The Hall–Kier alpha value is -4.23. The average Bonchev–Trinajstić information content (AvgIpc) is 3.69. The van der Waals surface area contributed by atoms with Gasteiger partial charge in [0.05, 0.1) is 36.4 Å². The number of aliphatic hydroxyl groups excluding tert-OH is 1. The molecule has 1 aliphatic carbocycles. The molecule has 1 aromatic heterocycles. The third-order valence-corrected chi connectivity index (χ3v) is 5.62. The number of amides is 1. The number of nitriles is 1. The van der Waals surface area contributed by atoms with Gasteiger partial charge in [0.15, 0.2) is 0 Å². The van der Waals surface area contributed by atoms with E-state index in [1.165, 1.54) is 0 Å². The van der Waals surface area contributed by atoms with Gasteiger partial charge in [-0.3, -0.25) is 14.6 Å². The molecular formula is C25H26N6O4. The molecule has 1 aliphatic rings. The highest BCUT2D eigenvalue weighted by Gasteiger charge is 2.22. The first kappa shape index (κ1) is 23.9. The van der Waals surface area contributed by atoms with Crippen molar-refractivity contribution in [3.05, 3.63) is 63.6 Å². The number of rotatable bonds is 10. The summed E-state index contributed by atoms with van der Waals surface area (Å²) < 4.78 is 6.92. The molecule has 0 bridgehead atoms. The molecule has 0 saturated heterocycles. The van der Waals surface area contributed by atoms with Crippen molar-refractivity contribution < 1.29 is 14.6 Å². The quantitative estimate of drug-likeness (QED) is 0.296. The molecule has 0 radical (unpaired) electrons. The van der Waals surface area contributed by atoms with Crippen LogP contribution >= 0.6 is 0 Å². The monoisotopic (exact) mass is 474 g/mol. The lowest BCUT2D eigenvalue weighted by Gasteiger charge is -2.11. The Kier molecular flexibility index (Phi) is 7.38. The van der Waals surface area contributed by atoms with E-state index in [4.69, 9.17) is 15.6 Å². The van der Waals surface area contributed by atoms with Crippen molar-refractivity contribution in [2.75, 3.05) is 25.5 Å². The van der Waals surface area contributed by atoms with Crippen LogP contribution in [0.15, 0.2) is 46.2 Å². The van der Waals surface area contributed by atoms with Gasteiger partial charge in [0.2, 0.25) is 5.91 Å². The highest BCUT2D eigenvalue weighted by atomic mass is 16.5. The van der Waals surface area contributed by atoms with Crippen molar-refractivity contribution in [2.45, 2.75) is 25.9 Å². The predicted molar refractivity (Wildman–Crippen MR) is 131 cm³/mol. The zero-order chi connectivity index (χ0) is 24.8. The zero-order valence-electron chi connectivity index (χ0n) is 19.1. The fourth-order valence-corrected chi connectivity index (χ4v) is 3.57. The van der Waals surface area contributed by atoms with Gasteiger partial charge < -0.3 is 20.9 Å². The Labute approximate surface area is 201 Å². The summed E-state index contributed by atoms with van der Waals surface area (Å²) in [6.07, 6.45) is 3.86. The van der Waals surface area contributed by atoms with Crippen molar-refractivity contribution in [2.24, 2.45) is 10.9 Å². The number of carbonyl (C=O) groups excluding carboxylic acids is 1. The van der Waals surface area contributed by atoms with Gasteiger partial charge in [0, 0.05) is 29.4 Å². The van der Waals surface area contributed by atoms with Gasteiger partial charge in [-0.05, 0) is 37.0 Å². The Bertz CT molecular complexity index is 1370. The van der Waals surface area contributed by atoms with E-state index in [1.807, 2.05) is 0 Å². The van der Waals surface area contributed by atoms with Crippen molar-refractivity contribution in [1.29, 1.82) is 5.26 Å². The highest BCUT2D eigenvalue weighted by Crippen LogP contribution is 2.31. The third kappa shape index (κ3) is 5.83. The van der Waals surface area contributed by atoms with E-state index in [1.54, 1.807) is 42.6 Å². The number of anilines is 1. The highest BCUT2D eigenvalue weighted by molar-refractivity contribution is 5.89. The first-order valence-corrected chi connectivity index (χ1v) is 11.3. The van der Waals surface area contributed by atoms with Gasteiger partial charge in [0.1, 0.15) is 18.4 Å². The van der Waals surface area contributed by atoms with Crippen molar-refractivity contribution in [3.63, 3.8) is 0 Å². The number of fused-ring (bicyclic) bond motifs is 1. The minimum atomic E-state index is -0.428. The lowest BCUT2D eigenvalue weighted by molar-refractivity contribution is -0.122. The topological polar surface area (TPSA) is 156 Å². The molecule has 1 amide bonds. The predicted octanol–water partition coefficient (Wildman–Crippen LogP) is 1.37. The molecule has 4 rings (SSSR count). The molecular weight excluding hydrogens is 448 g/mol. The smallest absolute Gasteiger partial charge is 0.275 e. The number of aliphatic hydroxyl groups is 1. The van der Waals surface area contributed by atoms with Crippen molar-refractivity contribution in [1.82, 2.24) is 15.1 Å². The molecule has 1 fully saturated rings. The van der Waals surface area contributed by atoms with Crippen LogP contribution in [0.1, 0.15) is 29.7 Å². The van der Waals surface area contributed by atoms with Gasteiger partial charge in [-0.25, -0.2) is 4.68 Å². The van der Waals surface area contributed by atoms with E-state index in [0.717, 1.165) is 17.5 Å². The van der Waals surface area contributed by atoms with E-state index in [9.17, 15) is 14.9 Å². The number of hydrogen-bond acceptors (Lipinski definition) is 8. The first-order chi connectivity index (χ1) is 17.0. The zero-order valence-corrected chi connectivity index (χ0v) is 19.1. The maximum atomic E-state index is 12.8. The van der Waals surface area contributed by atoms with Crippen LogP contribution in [0.3, 0.4) is 0 Å². The van der Waals surface area contributed by atoms with Crippen LogP contribution in [0.4, 0.5) is 5.69 Å². The van der Waals surface area contributed by atoms with E-state index >= 15 is 0 Å². The first-order valence-electron chi connectivity index (χ1n) is 11.3. The maximum Gasteiger partial charge on any atom is 0.275 e. The van der Waals surface area contributed by atoms with E-state index < -0.39 is 5.91 Å². The van der Waals surface area contributed by atoms with E-state index in [-0.39, 0.29) is 31.8 Å². The van der Waals surface area contributed by atoms with E-state index in [2.05, 4.69) is 21.5 Å². The molecule has 0 aliphatic heterocycles. The molecule has 0 spiro atoms. The standard InChI is InChI=1S/C25H26N6O4/c26-11-17-9-21(27)18(10-23(17)35-15-16-5-6-16)12-28-13-22-19-3-1-2-4-20(19)25(34)31(30-22)14-24(33)29-7-8-32/h1-4,9-10,12,16,32H,5-8,13-15,27H2,(H,29,33). The summed E-state index contributed by atoms with van der Waals surface area (Å²) in [7, 11) is 0. The normalized spacial score (nSPS) is 13.1. The Morgan fingerprint density at radius 2 is 2.11 bits per heavy atom. The van der Waals surface area contributed by atoms with Crippen LogP contribution in [-0.4, -0.2) is 46.8 Å². The number of aromatic nitrogens is 2. The average molecular weight is 475 g/mol. The number of aliphatic imine (C=N–C) groups is 1. The van der Waals surface area contributed by atoms with Crippen LogP contribution in [0.2, 0.25) is 0 Å². The number of nitrogens with one attached hydrogen (secondary N) is 1. The number of benzene rings is 2. The van der Waals surface area contributed by atoms with Gasteiger partial charge in [-0.2, -0.15) is 10.4 Å². The molecule has 10 heteroatoms. The molecule has 35 heavy (non-hydrogen) atoms. The summed E-state index contributed by atoms with van der Waals surface area (Å²) in [4.78, 5) is 29.4. The number of nitrogens with two attached hydrogens (primary N) is 1. The molecule has 2 aromatic carbocycles.